The Balaban J connectivity index is 1.81. The smallest absolute Gasteiger partial charge is 0.340 e. The highest BCUT2D eigenvalue weighted by molar-refractivity contribution is 7.91. The molecule has 1 aliphatic rings. The largest absolute Gasteiger partial charge is 0.416 e. The minimum atomic E-state index is -4.85. The van der Waals surface area contributed by atoms with Crippen LogP contribution in [0.3, 0.4) is 0 Å². The molecular formula is C18H17F3N4O5S2. The van der Waals surface area contributed by atoms with Crippen LogP contribution in [-0.4, -0.2) is 68.0 Å². The first-order valence-corrected chi connectivity index (χ1v) is 11.8. The van der Waals surface area contributed by atoms with Gasteiger partial charge in [-0.1, -0.05) is 23.2 Å². The van der Waals surface area contributed by atoms with Crippen molar-refractivity contribution in [3.05, 3.63) is 38.2 Å². The lowest BCUT2D eigenvalue weighted by Gasteiger charge is -2.24. The quantitative estimate of drug-likeness (QED) is 0.362. The summed E-state index contributed by atoms with van der Waals surface area (Å²) in [6.07, 6.45) is -4.85. The van der Waals surface area contributed by atoms with Gasteiger partial charge in [0, 0.05) is 26.2 Å². The number of nitro groups is 1. The second-order valence-electron chi connectivity index (χ2n) is 7.07. The van der Waals surface area contributed by atoms with Crippen molar-refractivity contribution >= 4 is 42.1 Å². The number of alkyl halides is 3. The van der Waals surface area contributed by atoms with E-state index in [0.717, 1.165) is 11.3 Å². The van der Waals surface area contributed by atoms with Crippen LogP contribution in [0.4, 0.5) is 24.0 Å². The van der Waals surface area contributed by atoms with Crippen LogP contribution < -0.4 is 10.5 Å². The van der Waals surface area contributed by atoms with Crippen LogP contribution in [0, 0.1) is 22.0 Å². The summed E-state index contributed by atoms with van der Waals surface area (Å²) in [7, 11) is -1.44. The molecule has 0 N–H and O–H groups in total. The standard InChI is InChI=1S/C18H17F3N4O5S2/c1-23(4-2-3-5-24-6-8-32(29,30)9-7-24)17-22-16(26)13-10-12(18(19,20)21)11-14(25(27)28)15(13)31-17/h10-11H,4-9H2,1H3. The van der Waals surface area contributed by atoms with Crippen molar-refractivity contribution in [2.45, 2.75) is 6.18 Å². The van der Waals surface area contributed by atoms with Gasteiger partial charge in [-0.05, 0) is 6.07 Å². The Hall–Kier alpha value is -2.76. The molecule has 0 bridgehead atoms. The Labute approximate surface area is 184 Å². The zero-order chi connectivity index (χ0) is 23.7. The molecule has 1 saturated heterocycles. The summed E-state index contributed by atoms with van der Waals surface area (Å²) in [6, 6.07) is 0.969. The normalized spacial score (nSPS) is 16.4. The predicted octanol–water partition coefficient (Wildman–Crippen LogP) is 1.75. The van der Waals surface area contributed by atoms with Crippen LogP contribution in [-0.2, 0) is 16.0 Å². The monoisotopic (exact) mass is 490 g/mol. The first-order chi connectivity index (χ1) is 14.9. The number of hydrogen-bond donors (Lipinski definition) is 0. The third kappa shape index (κ3) is 5.53. The van der Waals surface area contributed by atoms with E-state index >= 15 is 0 Å². The van der Waals surface area contributed by atoms with Crippen LogP contribution >= 0.6 is 11.3 Å². The number of anilines is 1. The molecule has 1 aromatic heterocycles. The number of benzene rings is 1. The minimum absolute atomic E-state index is 0.0729. The lowest BCUT2D eigenvalue weighted by molar-refractivity contribution is -0.383. The summed E-state index contributed by atoms with van der Waals surface area (Å²) in [5, 5.41) is 10.9. The Morgan fingerprint density at radius 3 is 2.53 bits per heavy atom. The van der Waals surface area contributed by atoms with Gasteiger partial charge in [-0.25, -0.2) is 8.42 Å². The van der Waals surface area contributed by atoms with Crippen molar-refractivity contribution in [2.75, 3.05) is 49.6 Å². The van der Waals surface area contributed by atoms with E-state index in [1.165, 1.54) is 4.90 Å². The molecule has 9 nitrogen and oxygen atoms in total. The van der Waals surface area contributed by atoms with E-state index in [0.29, 0.717) is 31.8 Å². The van der Waals surface area contributed by atoms with Crippen molar-refractivity contribution in [3.8, 4) is 11.8 Å². The van der Waals surface area contributed by atoms with E-state index in [-0.39, 0.29) is 27.9 Å². The average molecular weight is 490 g/mol. The molecule has 3 rings (SSSR count). The second-order valence-corrected chi connectivity index (χ2v) is 10.3. The molecule has 14 heteroatoms. The van der Waals surface area contributed by atoms with Crippen molar-refractivity contribution < 1.29 is 26.5 Å². The number of non-ortho nitro benzene ring substituents is 1. The lowest BCUT2D eigenvalue weighted by Crippen LogP contribution is -2.40. The summed E-state index contributed by atoms with van der Waals surface area (Å²) in [6.45, 7) is 1.25. The van der Waals surface area contributed by atoms with Gasteiger partial charge in [-0.15, -0.1) is 0 Å². The molecule has 1 aromatic carbocycles. The van der Waals surface area contributed by atoms with E-state index in [1.807, 2.05) is 4.90 Å². The molecule has 0 radical (unpaired) electrons. The maximum absolute atomic E-state index is 13.0. The SMILES string of the molecule is CN(CC#CCN1CCS(=O)(=O)CC1)c1nc(=O)c2cc(C(F)(F)F)cc([N+](=O)[O-])c2s1. The fourth-order valence-electron chi connectivity index (χ4n) is 2.92. The maximum atomic E-state index is 13.0. The van der Waals surface area contributed by atoms with Gasteiger partial charge in [0.15, 0.2) is 15.0 Å². The number of nitrogens with zero attached hydrogens (tertiary/aromatic N) is 4. The molecule has 1 aliphatic heterocycles. The van der Waals surface area contributed by atoms with Gasteiger partial charge in [0.2, 0.25) is 0 Å². The Morgan fingerprint density at radius 1 is 1.28 bits per heavy atom. The summed E-state index contributed by atoms with van der Waals surface area (Å²) >= 11 is 0.730. The molecule has 0 unspecified atom stereocenters. The van der Waals surface area contributed by atoms with E-state index in [9.17, 15) is 36.5 Å². The summed E-state index contributed by atoms with van der Waals surface area (Å²) < 4.78 is 61.8. The van der Waals surface area contributed by atoms with E-state index in [1.54, 1.807) is 7.05 Å². The van der Waals surface area contributed by atoms with E-state index in [2.05, 4.69) is 16.8 Å². The van der Waals surface area contributed by atoms with Crippen molar-refractivity contribution in [1.29, 1.82) is 0 Å². The summed E-state index contributed by atoms with van der Waals surface area (Å²) in [5.41, 5.74) is -3.11. The van der Waals surface area contributed by atoms with Crippen molar-refractivity contribution in [3.63, 3.8) is 0 Å². The van der Waals surface area contributed by atoms with Gasteiger partial charge in [0.05, 0.1) is 40.5 Å². The van der Waals surface area contributed by atoms with E-state index in [4.69, 9.17) is 0 Å². The van der Waals surface area contributed by atoms with Crippen LogP contribution in [0.25, 0.3) is 10.1 Å². The number of nitro benzene ring substituents is 1. The number of rotatable bonds is 4. The zero-order valence-electron chi connectivity index (χ0n) is 16.7. The third-order valence-corrected chi connectivity index (χ3v) is 7.55. The topological polar surface area (TPSA) is 114 Å². The second kappa shape index (κ2) is 9.00. The predicted molar refractivity (Wildman–Crippen MR) is 114 cm³/mol. The minimum Gasteiger partial charge on any atom is -0.340 e. The highest BCUT2D eigenvalue weighted by Crippen LogP contribution is 2.38. The van der Waals surface area contributed by atoms with E-state index < -0.39 is 43.1 Å². The first-order valence-electron chi connectivity index (χ1n) is 9.17. The summed E-state index contributed by atoms with van der Waals surface area (Å²) in [5.74, 6) is 5.91. The van der Waals surface area contributed by atoms with Gasteiger partial charge in [-0.3, -0.25) is 19.8 Å². The number of sulfone groups is 1. The van der Waals surface area contributed by atoms with Crippen LogP contribution in [0.15, 0.2) is 16.9 Å². The van der Waals surface area contributed by atoms with Crippen LogP contribution in [0.5, 0.6) is 0 Å². The van der Waals surface area contributed by atoms with Crippen molar-refractivity contribution in [2.24, 2.45) is 0 Å². The summed E-state index contributed by atoms with van der Waals surface area (Å²) in [4.78, 5) is 29.8. The Morgan fingerprint density at radius 2 is 1.94 bits per heavy atom. The third-order valence-electron chi connectivity index (χ3n) is 4.72. The molecule has 2 aromatic rings. The molecule has 172 valence electrons. The van der Waals surface area contributed by atoms with Gasteiger partial charge in [-0.2, -0.15) is 18.2 Å². The number of halogens is 3. The average Bonchev–Trinajstić information content (AvgIpc) is 2.70. The molecular weight excluding hydrogens is 473 g/mol. The van der Waals surface area contributed by atoms with Crippen LogP contribution in [0.1, 0.15) is 5.56 Å². The first kappa shape index (κ1) is 23.9. The van der Waals surface area contributed by atoms with Gasteiger partial charge in [0.1, 0.15) is 4.70 Å². The molecule has 0 amide bonds. The lowest BCUT2D eigenvalue weighted by atomic mass is 10.1. The molecule has 0 spiro atoms. The fourth-order valence-corrected chi connectivity index (χ4v) is 5.22. The van der Waals surface area contributed by atoms with Gasteiger partial charge < -0.3 is 4.90 Å². The molecule has 2 heterocycles. The highest BCUT2D eigenvalue weighted by atomic mass is 32.2. The zero-order valence-corrected chi connectivity index (χ0v) is 18.3. The number of aromatic nitrogens is 1. The van der Waals surface area contributed by atoms with Gasteiger partial charge in [0.25, 0.3) is 11.2 Å². The molecule has 1 fully saturated rings. The number of fused-ring (bicyclic) bond motifs is 1. The Kier molecular flexibility index (Phi) is 6.72. The maximum Gasteiger partial charge on any atom is 0.416 e. The Bertz CT molecular complexity index is 1270. The van der Waals surface area contributed by atoms with Crippen LogP contribution in [0.2, 0.25) is 0 Å². The molecule has 32 heavy (non-hydrogen) atoms. The molecule has 0 aliphatic carbocycles. The van der Waals surface area contributed by atoms with Gasteiger partial charge >= 0.3 is 6.18 Å². The molecule has 0 atom stereocenters. The number of hydrogen-bond acceptors (Lipinski definition) is 9. The highest BCUT2D eigenvalue weighted by Gasteiger charge is 2.34. The fraction of sp³-hybridized carbons (Fsp3) is 0.444. The van der Waals surface area contributed by atoms with Crippen molar-refractivity contribution in [1.82, 2.24) is 9.88 Å². The molecule has 0 saturated carbocycles.